The third kappa shape index (κ3) is 2.33. The van der Waals surface area contributed by atoms with Crippen LogP contribution in [0.25, 0.3) is 0 Å². The Morgan fingerprint density at radius 2 is 1.73 bits per heavy atom. The van der Waals surface area contributed by atoms with Crippen LogP contribution in [0.3, 0.4) is 0 Å². The Bertz CT molecular complexity index is 1340. The van der Waals surface area contributed by atoms with Crippen molar-refractivity contribution in [1.29, 1.82) is 0 Å². The SMILES string of the molecule is CC1=CC(=O)C2=C(C1=O)[C@@H](c1ccc(O)cc1)C1=CCn3c(=O)n(C)c(=O)n3[C@@H]1C2. The number of allylic oxidation sites excluding steroid dienone is 6. The van der Waals surface area contributed by atoms with Gasteiger partial charge in [0.1, 0.15) is 5.75 Å². The lowest BCUT2D eigenvalue weighted by Crippen LogP contribution is -2.40. The summed E-state index contributed by atoms with van der Waals surface area (Å²) in [5.41, 5.74) is 1.86. The lowest BCUT2D eigenvalue weighted by Gasteiger charge is -2.39. The van der Waals surface area contributed by atoms with Gasteiger partial charge >= 0.3 is 11.4 Å². The van der Waals surface area contributed by atoms with Gasteiger partial charge in [0.25, 0.3) is 0 Å². The molecule has 2 aliphatic carbocycles. The van der Waals surface area contributed by atoms with Crippen LogP contribution in [0.4, 0.5) is 0 Å². The van der Waals surface area contributed by atoms with Crippen LogP contribution in [-0.4, -0.2) is 30.6 Å². The molecule has 1 N–H and O–H groups in total. The molecule has 1 aromatic carbocycles. The van der Waals surface area contributed by atoms with E-state index in [9.17, 15) is 24.3 Å². The van der Waals surface area contributed by atoms with Gasteiger partial charge in [-0.25, -0.2) is 23.5 Å². The van der Waals surface area contributed by atoms with Crippen molar-refractivity contribution in [2.24, 2.45) is 7.05 Å². The lowest BCUT2D eigenvalue weighted by molar-refractivity contribution is -0.116. The van der Waals surface area contributed by atoms with Gasteiger partial charge in [0.05, 0.1) is 12.6 Å². The predicted molar refractivity (Wildman–Crippen MR) is 107 cm³/mol. The molecule has 8 heteroatoms. The second-order valence-electron chi connectivity index (χ2n) is 7.91. The molecular weight excluding hydrogens is 386 g/mol. The van der Waals surface area contributed by atoms with Crippen LogP contribution >= 0.6 is 0 Å². The normalized spacial score (nSPS) is 22.9. The van der Waals surface area contributed by atoms with Gasteiger partial charge in [0.2, 0.25) is 0 Å². The molecule has 0 bridgehead atoms. The molecule has 2 heterocycles. The minimum atomic E-state index is -0.541. The summed E-state index contributed by atoms with van der Waals surface area (Å²) in [6, 6.07) is 5.96. The number of aromatic nitrogens is 3. The second kappa shape index (κ2) is 6.16. The summed E-state index contributed by atoms with van der Waals surface area (Å²) < 4.78 is 3.82. The number of phenolic OH excluding ortho intramolecular Hbond substituents is 1. The Hall–Kier alpha value is -3.68. The number of hydrogen-bond donors (Lipinski definition) is 1. The summed E-state index contributed by atoms with van der Waals surface area (Å²) in [7, 11) is 1.43. The number of carbonyl (C=O) groups is 2. The van der Waals surface area contributed by atoms with Crippen LogP contribution < -0.4 is 11.4 Å². The molecule has 152 valence electrons. The van der Waals surface area contributed by atoms with Gasteiger partial charge in [-0.15, -0.1) is 0 Å². The fourth-order valence-corrected chi connectivity index (χ4v) is 4.79. The van der Waals surface area contributed by atoms with Gasteiger partial charge in [-0.3, -0.25) is 9.59 Å². The minimum Gasteiger partial charge on any atom is -0.508 e. The summed E-state index contributed by atoms with van der Waals surface area (Å²) in [6.45, 7) is 1.83. The quantitative estimate of drug-likeness (QED) is 0.566. The lowest BCUT2D eigenvalue weighted by atomic mass is 9.68. The Kier molecular flexibility index (Phi) is 3.77. The van der Waals surface area contributed by atoms with E-state index in [1.165, 1.54) is 34.6 Å². The van der Waals surface area contributed by atoms with Crippen LogP contribution in [-0.2, 0) is 23.2 Å². The van der Waals surface area contributed by atoms with Crippen LogP contribution in [0.1, 0.15) is 30.9 Å². The molecule has 0 radical (unpaired) electrons. The largest absolute Gasteiger partial charge is 0.508 e. The van der Waals surface area contributed by atoms with E-state index in [2.05, 4.69) is 0 Å². The molecule has 0 amide bonds. The van der Waals surface area contributed by atoms with E-state index in [-0.39, 0.29) is 30.3 Å². The Morgan fingerprint density at radius 1 is 1.03 bits per heavy atom. The second-order valence-corrected chi connectivity index (χ2v) is 7.91. The standard InChI is InChI=1S/C22H19N3O5/c1-11-9-17(27)15-10-16-14(7-8-24-21(29)23(2)22(30)25(16)24)18(19(15)20(11)28)12-3-5-13(26)6-4-12/h3-7,9,16,18,26H,8,10H2,1-2H3/t16-,18+/m1/s1. The first kappa shape index (κ1) is 18.4. The summed E-state index contributed by atoms with van der Waals surface area (Å²) in [5.74, 6) is -0.873. The minimum absolute atomic E-state index is 0.0909. The molecule has 1 aromatic heterocycles. The fraction of sp³-hybridized carbons (Fsp3) is 0.273. The highest BCUT2D eigenvalue weighted by atomic mass is 16.3. The molecule has 2 atom stereocenters. The highest BCUT2D eigenvalue weighted by Gasteiger charge is 2.44. The zero-order valence-corrected chi connectivity index (χ0v) is 16.5. The molecule has 1 aliphatic heterocycles. The average molecular weight is 405 g/mol. The van der Waals surface area contributed by atoms with Gasteiger partial charge in [0, 0.05) is 36.1 Å². The third-order valence-electron chi connectivity index (χ3n) is 6.25. The molecular formula is C22H19N3O5. The highest BCUT2D eigenvalue weighted by molar-refractivity contribution is 6.23. The zero-order valence-electron chi connectivity index (χ0n) is 16.5. The van der Waals surface area contributed by atoms with E-state index >= 15 is 0 Å². The van der Waals surface area contributed by atoms with Gasteiger partial charge in [-0.1, -0.05) is 18.2 Å². The molecule has 2 aromatic rings. The maximum absolute atomic E-state index is 13.1. The van der Waals surface area contributed by atoms with Gasteiger partial charge in [0.15, 0.2) is 11.6 Å². The first-order valence-corrected chi connectivity index (χ1v) is 9.67. The Morgan fingerprint density at radius 3 is 2.43 bits per heavy atom. The van der Waals surface area contributed by atoms with Crippen molar-refractivity contribution in [2.45, 2.75) is 31.8 Å². The maximum atomic E-state index is 13.1. The number of benzene rings is 1. The van der Waals surface area contributed by atoms with E-state index in [1.54, 1.807) is 19.1 Å². The van der Waals surface area contributed by atoms with Crippen LogP contribution in [0.15, 0.2) is 68.3 Å². The smallest absolute Gasteiger partial charge is 0.347 e. The van der Waals surface area contributed by atoms with E-state index in [1.807, 2.05) is 6.08 Å². The molecule has 0 saturated carbocycles. The van der Waals surface area contributed by atoms with E-state index in [0.717, 1.165) is 15.7 Å². The van der Waals surface area contributed by atoms with Gasteiger partial charge < -0.3 is 5.11 Å². The van der Waals surface area contributed by atoms with Crippen molar-refractivity contribution >= 4 is 11.6 Å². The van der Waals surface area contributed by atoms with Crippen molar-refractivity contribution in [3.8, 4) is 5.75 Å². The first-order chi connectivity index (χ1) is 14.3. The average Bonchev–Trinajstić information content (AvgIpc) is 2.95. The Labute approximate surface area is 170 Å². The first-order valence-electron chi connectivity index (χ1n) is 9.67. The number of fused-ring (bicyclic) bond motifs is 3. The summed E-state index contributed by atoms with van der Waals surface area (Å²) in [4.78, 5) is 51.2. The summed E-state index contributed by atoms with van der Waals surface area (Å²) >= 11 is 0. The molecule has 0 spiro atoms. The van der Waals surface area contributed by atoms with Crippen LogP contribution in [0.2, 0.25) is 0 Å². The number of ketones is 2. The van der Waals surface area contributed by atoms with Crippen molar-refractivity contribution < 1.29 is 14.7 Å². The highest BCUT2D eigenvalue weighted by Crippen LogP contribution is 2.49. The molecule has 0 unspecified atom stereocenters. The molecule has 30 heavy (non-hydrogen) atoms. The maximum Gasteiger partial charge on any atom is 0.347 e. The number of phenols is 1. The third-order valence-corrected chi connectivity index (χ3v) is 6.25. The van der Waals surface area contributed by atoms with E-state index in [4.69, 9.17) is 0 Å². The predicted octanol–water partition coefficient (Wildman–Crippen LogP) is 1.12. The van der Waals surface area contributed by atoms with E-state index < -0.39 is 23.3 Å². The number of Topliss-reactive ketones (excluding diaryl/α,β-unsaturated/α-hetero) is 1. The number of aromatic hydroxyl groups is 1. The van der Waals surface area contributed by atoms with Crippen LogP contribution in [0, 0.1) is 0 Å². The molecule has 8 nitrogen and oxygen atoms in total. The number of nitrogens with zero attached hydrogens (tertiary/aromatic N) is 3. The number of hydrogen-bond acceptors (Lipinski definition) is 5. The van der Waals surface area contributed by atoms with Crippen molar-refractivity contribution in [3.05, 3.63) is 85.2 Å². The zero-order chi connectivity index (χ0) is 21.3. The molecule has 3 aliphatic rings. The molecule has 5 rings (SSSR count). The van der Waals surface area contributed by atoms with E-state index in [0.29, 0.717) is 16.7 Å². The Balaban J connectivity index is 1.79. The van der Waals surface area contributed by atoms with Crippen molar-refractivity contribution in [2.75, 3.05) is 0 Å². The fourth-order valence-electron chi connectivity index (χ4n) is 4.79. The molecule has 0 fully saturated rings. The monoisotopic (exact) mass is 405 g/mol. The molecule has 0 saturated heterocycles. The van der Waals surface area contributed by atoms with Crippen molar-refractivity contribution in [1.82, 2.24) is 13.9 Å². The van der Waals surface area contributed by atoms with Gasteiger partial charge in [-0.2, -0.15) is 0 Å². The number of rotatable bonds is 1. The van der Waals surface area contributed by atoms with Crippen molar-refractivity contribution in [3.63, 3.8) is 0 Å². The summed E-state index contributed by atoms with van der Waals surface area (Å²) in [6.07, 6.45) is 3.39. The van der Waals surface area contributed by atoms with Crippen LogP contribution in [0.5, 0.6) is 5.75 Å². The number of carbonyl (C=O) groups excluding carboxylic acids is 2. The summed E-state index contributed by atoms with van der Waals surface area (Å²) in [5, 5.41) is 9.71. The van der Waals surface area contributed by atoms with Gasteiger partial charge in [-0.05, 0) is 36.3 Å². The topological polar surface area (TPSA) is 103 Å².